The molecule has 25 heavy (non-hydrogen) atoms. The minimum Gasteiger partial charge on any atom is -0.342 e. The Morgan fingerprint density at radius 1 is 1.20 bits per heavy atom. The number of aryl methyl sites for hydroxylation is 1. The Morgan fingerprint density at radius 2 is 2.00 bits per heavy atom. The van der Waals surface area contributed by atoms with Crippen LogP contribution in [-0.4, -0.2) is 38.5 Å². The fraction of sp³-hybridized carbons (Fsp3) is 0.333. The minimum atomic E-state index is -0.00654. The van der Waals surface area contributed by atoms with Crippen LogP contribution in [0, 0.1) is 5.92 Å². The van der Waals surface area contributed by atoms with Gasteiger partial charge < -0.3 is 14.8 Å². The molecule has 1 saturated heterocycles. The SMILES string of the molecule is Cn1c(N2CCC(C(=O)Nc3cnccn3)CC2)nc2ccccc21. The maximum Gasteiger partial charge on any atom is 0.228 e. The lowest BCUT2D eigenvalue weighted by Gasteiger charge is -2.31. The number of carbonyl (C=O) groups is 1. The summed E-state index contributed by atoms with van der Waals surface area (Å²) in [6.45, 7) is 1.63. The number of anilines is 2. The van der Waals surface area contributed by atoms with E-state index in [2.05, 4.69) is 30.8 Å². The molecule has 1 amide bonds. The van der Waals surface area contributed by atoms with Gasteiger partial charge in [0.2, 0.25) is 11.9 Å². The molecule has 128 valence electrons. The number of rotatable bonds is 3. The van der Waals surface area contributed by atoms with Crippen molar-refractivity contribution in [3.05, 3.63) is 42.9 Å². The maximum absolute atomic E-state index is 12.4. The van der Waals surface area contributed by atoms with Gasteiger partial charge >= 0.3 is 0 Å². The average Bonchev–Trinajstić information content (AvgIpc) is 3.00. The van der Waals surface area contributed by atoms with Gasteiger partial charge in [0.25, 0.3) is 0 Å². The molecular formula is C18H20N6O. The normalized spacial score (nSPS) is 15.5. The molecule has 0 spiro atoms. The lowest BCUT2D eigenvalue weighted by atomic mass is 9.96. The van der Waals surface area contributed by atoms with Gasteiger partial charge in [0.15, 0.2) is 5.82 Å². The van der Waals surface area contributed by atoms with E-state index in [1.165, 1.54) is 0 Å². The third-order valence-corrected chi connectivity index (χ3v) is 4.73. The summed E-state index contributed by atoms with van der Waals surface area (Å²) in [5.74, 6) is 1.48. The fourth-order valence-electron chi connectivity index (χ4n) is 3.35. The van der Waals surface area contributed by atoms with E-state index in [9.17, 15) is 4.79 Å². The number of para-hydroxylation sites is 2. The van der Waals surface area contributed by atoms with Gasteiger partial charge in [-0.3, -0.25) is 9.78 Å². The van der Waals surface area contributed by atoms with Crippen molar-refractivity contribution in [2.24, 2.45) is 13.0 Å². The number of piperidine rings is 1. The summed E-state index contributed by atoms with van der Waals surface area (Å²) in [5, 5.41) is 2.85. The van der Waals surface area contributed by atoms with E-state index < -0.39 is 0 Å². The van der Waals surface area contributed by atoms with Crippen LogP contribution < -0.4 is 10.2 Å². The monoisotopic (exact) mass is 336 g/mol. The van der Waals surface area contributed by atoms with E-state index in [0.29, 0.717) is 5.82 Å². The predicted octanol–water partition coefficient (Wildman–Crippen LogP) is 2.22. The van der Waals surface area contributed by atoms with Crippen LogP contribution in [0.5, 0.6) is 0 Å². The molecule has 0 aliphatic carbocycles. The number of amides is 1. The second-order valence-electron chi connectivity index (χ2n) is 6.30. The number of imidazole rings is 1. The topological polar surface area (TPSA) is 75.9 Å². The Bertz CT molecular complexity index is 883. The number of hydrogen-bond donors (Lipinski definition) is 1. The van der Waals surface area contributed by atoms with Crippen molar-refractivity contribution < 1.29 is 4.79 Å². The quantitative estimate of drug-likeness (QED) is 0.794. The molecule has 0 unspecified atom stereocenters. The van der Waals surface area contributed by atoms with E-state index >= 15 is 0 Å². The average molecular weight is 336 g/mol. The van der Waals surface area contributed by atoms with Crippen molar-refractivity contribution in [3.8, 4) is 0 Å². The number of fused-ring (bicyclic) bond motifs is 1. The summed E-state index contributed by atoms with van der Waals surface area (Å²) < 4.78 is 2.12. The van der Waals surface area contributed by atoms with Crippen LogP contribution in [0.3, 0.4) is 0 Å². The molecule has 4 rings (SSSR count). The van der Waals surface area contributed by atoms with Gasteiger partial charge in [-0.1, -0.05) is 12.1 Å². The molecule has 1 aliphatic rings. The Labute approximate surface area is 145 Å². The van der Waals surface area contributed by atoms with E-state index in [1.807, 2.05) is 25.2 Å². The molecule has 1 N–H and O–H groups in total. The first-order valence-corrected chi connectivity index (χ1v) is 8.45. The second kappa shape index (κ2) is 6.51. The number of carbonyl (C=O) groups excluding carboxylic acids is 1. The number of hydrogen-bond acceptors (Lipinski definition) is 5. The molecule has 1 fully saturated rings. The van der Waals surface area contributed by atoms with Gasteiger partial charge in [0.05, 0.1) is 17.2 Å². The summed E-state index contributed by atoms with van der Waals surface area (Å²) in [7, 11) is 2.04. The zero-order valence-electron chi connectivity index (χ0n) is 14.1. The van der Waals surface area contributed by atoms with Gasteiger partial charge in [-0.2, -0.15) is 0 Å². The van der Waals surface area contributed by atoms with Crippen LogP contribution in [0.2, 0.25) is 0 Å². The molecule has 3 heterocycles. The summed E-state index contributed by atoms with van der Waals surface area (Å²) >= 11 is 0. The summed E-state index contributed by atoms with van der Waals surface area (Å²) in [6.07, 6.45) is 6.33. The smallest absolute Gasteiger partial charge is 0.228 e. The Balaban J connectivity index is 1.42. The third-order valence-electron chi connectivity index (χ3n) is 4.73. The van der Waals surface area contributed by atoms with Crippen molar-refractivity contribution in [2.45, 2.75) is 12.8 Å². The van der Waals surface area contributed by atoms with Crippen molar-refractivity contribution >= 4 is 28.7 Å². The maximum atomic E-state index is 12.4. The van der Waals surface area contributed by atoms with E-state index in [1.54, 1.807) is 18.6 Å². The second-order valence-corrected chi connectivity index (χ2v) is 6.30. The highest BCUT2D eigenvalue weighted by Crippen LogP contribution is 2.26. The Morgan fingerprint density at radius 3 is 2.72 bits per heavy atom. The van der Waals surface area contributed by atoms with E-state index in [4.69, 9.17) is 4.98 Å². The zero-order valence-corrected chi connectivity index (χ0v) is 14.1. The third kappa shape index (κ3) is 3.05. The van der Waals surface area contributed by atoms with Crippen molar-refractivity contribution in [1.29, 1.82) is 0 Å². The molecule has 7 heteroatoms. The first-order chi connectivity index (χ1) is 12.2. The van der Waals surface area contributed by atoms with Gasteiger partial charge in [-0.15, -0.1) is 0 Å². The van der Waals surface area contributed by atoms with Gasteiger partial charge in [-0.05, 0) is 25.0 Å². The number of nitrogens with one attached hydrogen (secondary N) is 1. The summed E-state index contributed by atoms with van der Waals surface area (Å²) in [4.78, 5) is 27.5. The summed E-state index contributed by atoms with van der Waals surface area (Å²) in [5.41, 5.74) is 2.13. The van der Waals surface area contributed by atoms with Crippen molar-refractivity contribution in [2.75, 3.05) is 23.3 Å². The molecule has 2 aromatic heterocycles. The number of benzene rings is 1. The van der Waals surface area contributed by atoms with Crippen LogP contribution in [0.15, 0.2) is 42.9 Å². The standard InChI is InChI=1S/C18H20N6O/c1-23-15-5-3-2-4-14(15)21-18(23)24-10-6-13(7-11-24)17(25)22-16-12-19-8-9-20-16/h2-5,8-9,12-13H,6-7,10-11H2,1H3,(H,20,22,25). The lowest BCUT2D eigenvalue weighted by Crippen LogP contribution is -2.39. The largest absolute Gasteiger partial charge is 0.342 e. The molecule has 1 aromatic carbocycles. The molecule has 1 aliphatic heterocycles. The van der Waals surface area contributed by atoms with Crippen LogP contribution in [0.1, 0.15) is 12.8 Å². The van der Waals surface area contributed by atoms with Gasteiger partial charge in [-0.25, -0.2) is 9.97 Å². The predicted molar refractivity (Wildman–Crippen MR) is 96.3 cm³/mol. The fourth-order valence-corrected chi connectivity index (χ4v) is 3.35. The highest BCUT2D eigenvalue weighted by molar-refractivity contribution is 5.91. The lowest BCUT2D eigenvalue weighted by molar-refractivity contribution is -0.120. The highest BCUT2D eigenvalue weighted by Gasteiger charge is 2.27. The summed E-state index contributed by atoms with van der Waals surface area (Å²) in [6, 6.07) is 8.13. The Kier molecular flexibility index (Phi) is 4.05. The molecule has 7 nitrogen and oxygen atoms in total. The number of nitrogens with zero attached hydrogens (tertiary/aromatic N) is 5. The first kappa shape index (κ1) is 15.6. The van der Waals surface area contributed by atoms with Crippen LogP contribution >= 0.6 is 0 Å². The Hall–Kier alpha value is -2.96. The van der Waals surface area contributed by atoms with Crippen LogP contribution in [-0.2, 0) is 11.8 Å². The first-order valence-electron chi connectivity index (χ1n) is 8.45. The zero-order chi connectivity index (χ0) is 17.2. The van der Waals surface area contributed by atoms with E-state index in [-0.39, 0.29) is 11.8 Å². The molecule has 0 bridgehead atoms. The van der Waals surface area contributed by atoms with Crippen molar-refractivity contribution in [1.82, 2.24) is 19.5 Å². The highest BCUT2D eigenvalue weighted by atomic mass is 16.1. The molecular weight excluding hydrogens is 316 g/mol. The van der Waals surface area contributed by atoms with Gasteiger partial charge in [0.1, 0.15) is 0 Å². The number of aromatic nitrogens is 4. The minimum absolute atomic E-state index is 0.00654. The van der Waals surface area contributed by atoms with Crippen LogP contribution in [0.25, 0.3) is 11.0 Å². The molecule has 0 radical (unpaired) electrons. The van der Waals surface area contributed by atoms with Crippen molar-refractivity contribution in [3.63, 3.8) is 0 Å². The molecule has 0 saturated carbocycles. The van der Waals surface area contributed by atoms with E-state index in [0.717, 1.165) is 42.9 Å². The van der Waals surface area contributed by atoms with Gasteiger partial charge in [0, 0.05) is 38.4 Å². The molecule has 0 atom stereocenters. The molecule has 3 aromatic rings. The van der Waals surface area contributed by atoms with Crippen LogP contribution in [0.4, 0.5) is 11.8 Å².